The van der Waals surface area contributed by atoms with Gasteiger partial charge in [-0.05, 0) is 18.2 Å². The van der Waals surface area contributed by atoms with Gasteiger partial charge in [0.25, 0.3) is 0 Å². The number of hydrogen-bond donors (Lipinski definition) is 1. The Morgan fingerprint density at radius 1 is 1.20 bits per heavy atom. The van der Waals surface area contributed by atoms with Gasteiger partial charge in [0, 0.05) is 29.4 Å². The van der Waals surface area contributed by atoms with Crippen LogP contribution in [-0.2, 0) is 4.79 Å². The average Bonchev–Trinajstić information content (AvgIpc) is 3.18. The van der Waals surface area contributed by atoms with Gasteiger partial charge in [-0.3, -0.25) is 4.79 Å². The largest absolute Gasteiger partial charge is 0.472 e. The van der Waals surface area contributed by atoms with Gasteiger partial charge >= 0.3 is 0 Å². The molecule has 0 bridgehead atoms. The number of hydrogen-bond acceptors (Lipinski definition) is 6. The van der Waals surface area contributed by atoms with Gasteiger partial charge in [-0.15, -0.1) is 0 Å². The van der Waals surface area contributed by atoms with Gasteiger partial charge in [-0.2, -0.15) is 0 Å². The maximum Gasteiger partial charge on any atom is 0.246 e. The van der Waals surface area contributed by atoms with Crippen LogP contribution in [0.5, 0.6) is 5.88 Å². The van der Waals surface area contributed by atoms with Gasteiger partial charge in [-0.1, -0.05) is 41.4 Å². The predicted octanol–water partition coefficient (Wildman–Crippen LogP) is 4.89. The molecule has 1 amide bonds. The summed E-state index contributed by atoms with van der Waals surface area (Å²) in [5, 5.41) is 4.98. The number of nitrogens with one attached hydrogen (secondary N) is 1. The minimum absolute atomic E-state index is 0.107. The lowest BCUT2D eigenvalue weighted by molar-refractivity contribution is -0.125. The standard InChI is InChI=1S/C20H16Cl3N5O2/c1-2-18(29)28-4-3-12(9-28)30-17-7-13-16(8-24-17)25-10-26-20(13)27-19-14(22)5-11(21)6-15(19)23/h2,5-8,10,12H,1,3-4,9H2,(H,25,26,27). The molecule has 0 spiro atoms. The number of halogens is 3. The maximum absolute atomic E-state index is 11.8. The van der Waals surface area contributed by atoms with Gasteiger partial charge < -0.3 is 15.0 Å². The number of carbonyl (C=O) groups excluding carboxylic acids is 1. The number of amides is 1. The molecule has 30 heavy (non-hydrogen) atoms. The van der Waals surface area contributed by atoms with Gasteiger partial charge in [0.2, 0.25) is 11.8 Å². The second-order valence-electron chi connectivity index (χ2n) is 6.65. The molecule has 1 saturated heterocycles. The van der Waals surface area contributed by atoms with E-state index in [9.17, 15) is 4.79 Å². The van der Waals surface area contributed by atoms with Crippen LogP contribution in [0.4, 0.5) is 11.5 Å². The number of aromatic nitrogens is 3. The minimum Gasteiger partial charge on any atom is -0.472 e. The highest BCUT2D eigenvalue weighted by atomic mass is 35.5. The molecule has 1 N–H and O–H groups in total. The Labute approximate surface area is 187 Å². The molecular formula is C20H16Cl3N5O2. The van der Waals surface area contributed by atoms with E-state index in [1.807, 2.05) is 0 Å². The first kappa shape index (κ1) is 20.7. The summed E-state index contributed by atoms with van der Waals surface area (Å²) >= 11 is 18.5. The molecular weight excluding hydrogens is 449 g/mol. The van der Waals surface area contributed by atoms with E-state index in [2.05, 4.69) is 26.8 Å². The van der Waals surface area contributed by atoms with E-state index >= 15 is 0 Å². The Morgan fingerprint density at radius 2 is 1.97 bits per heavy atom. The van der Waals surface area contributed by atoms with Crippen LogP contribution in [0.3, 0.4) is 0 Å². The summed E-state index contributed by atoms with van der Waals surface area (Å²) in [7, 11) is 0. The van der Waals surface area contributed by atoms with Crippen molar-refractivity contribution in [3.8, 4) is 5.88 Å². The zero-order valence-electron chi connectivity index (χ0n) is 15.6. The summed E-state index contributed by atoms with van der Waals surface area (Å²) in [4.78, 5) is 26.3. The molecule has 0 saturated carbocycles. The molecule has 4 rings (SSSR count). The number of pyridine rings is 1. The molecule has 1 fully saturated rings. The van der Waals surface area contributed by atoms with Crippen LogP contribution < -0.4 is 10.1 Å². The Bertz CT molecular complexity index is 1120. The van der Waals surface area contributed by atoms with Crippen molar-refractivity contribution in [1.29, 1.82) is 0 Å². The second kappa shape index (κ2) is 8.63. The first-order chi connectivity index (χ1) is 14.4. The second-order valence-corrected chi connectivity index (χ2v) is 7.90. The van der Waals surface area contributed by atoms with Crippen LogP contribution in [0.25, 0.3) is 10.9 Å². The molecule has 1 aliphatic rings. The number of anilines is 2. The lowest BCUT2D eigenvalue weighted by Crippen LogP contribution is -2.29. The summed E-state index contributed by atoms with van der Waals surface area (Å²) in [5.41, 5.74) is 1.10. The third kappa shape index (κ3) is 4.28. The fourth-order valence-electron chi connectivity index (χ4n) is 3.21. The highest BCUT2D eigenvalue weighted by Gasteiger charge is 2.26. The zero-order valence-corrected chi connectivity index (χ0v) is 17.9. The molecule has 3 aromatic rings. The average molecular weight is 465 g/mol. The summed E-state index contributed by atoms with van der Waals surface area (Å²) in [6, 6.07) is 4.92. The summed E-state index contributed by atoms with van der Waals surface area (Å²) in [6.45, 7) is 4.62. The molecule has 1 aliphatic heterocycles. The van der Waals surface area contributed by atoms with E-state index in [1.54, 1.807) is 29.3 Å². The molecule has 0 aliphatic carbocycles. The molecule has 10 heteroatoms. The van der Waals surface area contributed by atoms with Crippen molar-refractivity contribution in [2.45, 2.75) is 12.5 Å². The quantitative estimate of drug-likeness (QED) is 0.541. The Morgan fingerprint density at radius 3 is 2.70 bits per heavy atom. The van der Waals surface area contributed by atoms with Crippen LogP contribution in [0, 0.1) is 0 Å². The molecule has 1 atom stereocenters. The van der Waals surface area contributed by atoms with Crippen molar-refractivity contribution in [3.63, 3.8) is 0 Å². The molecule has 1 aromatic carbocycles. The normalized spacial score (nSPS) is 16.0. The number of benzene rings is 1. The van der Waals surface area contributed by atoms with Crippen molar-refractivity contribution in [3.05, 3.63) is 58.4 Å². The predicted molar refractivity (Wildman–Crippen MR) is 118 cm³/mol. The number of nitrogens with zero attached hydrogens (tertiary/aromatic N) is 4. The van der Waals surface area contributed by atoms with Crippen LogP contribution in [-0.4, -0.2) is 45.0 Å². The maximum atomic E-state index is 11.8. The molecule has 1 unspecified atom stereocenters. The topological polar surface area (TPSA) is 80.2 Å². The van der Waals surface area contributed by atoms with Crippen molar-refractivity contribution < 1.29 is 9.53 Å². The lowest BCUT2D eigenvalue weighted by atomic mass is 10.2. The van der Waals surface area contributed by atoms with Gasteiger partial charge in [-0.25, -0.2) is 15.0 Å². The third-order valence-corrected chi connectivity index (χ3v) is 5.48. The fraction of sp³-hybridized carbons (Fsp3) is 0.200. The van der Waals surface area contributed by atoms with Crippen LogP contribution >= 0.6 is 34.8 Å². The van der Waals surface area contributed by atoms with E-state index in [-0.39, 0.29) is 12.0 Å². The fourth-order valence-corrected chi connectivity index (χ4v) is 4.12. The number of likely N-dealkylation sites (tertiary alicyclic amines) is 1. The van der Waals surface area contributed by atoms with Crippen LogP contribution in [0.1, 0.15) is 6.42 Å². The zero-order chi connectivity index (χ0) is 21.3. The smallest absolute Gasteiger partial charge is 0.246 e. The summed E-state index contributed by atoms with van der Waals surface area (Å²) in [6.07, 6.45) is 4.88. The Hall–Kier alpha value is -2.61. The van der Waals surface area contributed by atoms with E-state index in [0.717, 1.165) is 0 Å². The SMILES string of the molecule is C=CC(=O)N1CCC(Oc2cc3c(Nc4c(Cl)cc(Cl)cc4Cl)ncnc3cn2)C1. The highest BCUT2D eigenvalue weighted by molar-refractivity contribution is 6.42. The minimum atomic E-state index is -0.153. The first-order valence-electron chi connectivity index (χ1n) is 9.05. The number of carbonyl (C=O) groups is 1. The molecule has 154 valence electrons. The molecule has 0 radical (unpaired) electrons. The Balaban J connectivity index is 1.60. The van der Waals surface area contributed by atoms with E-state index in [4.69, 9.17) is 39.5 Å². The van der Waals surface area contributed by atoms with Crippen molar-refractivity contribution in [1.82, 2.24) is 19.9 Å². The van der Waals surface area contributed by atoms with Crippen LogP contribution in [0.15, 0.2) is 43.4 Å². The number of ether oxygens (including phenoxy) is 1. The summed E-state index contributed by atoms with van der Waals surface area (Å²) < 4.78 is 5.98. The first-order valence-corrected chi connectivity index (χ1v) is 10.2. The highest BCUT2D eigenvalue weighted by Crippen LogP contribution is 2.36. The van der Waals surface area contributed by atoms with Gasteiger partial charge in [0.05, 0.1) is 34.0 Å². The number of fused-ring (bicyclic) bond motifs is 1. The van der Waals surface area contributed by atoms with Crippen molar-refractivity contribution in [2.75, 3.05) is 18.4 Å². The van der Waals surface area contributed by atoms with Crippen LogP contribution in [0.2, 0.25) is 15.1 Å². The summed E-state index contributed by atoms with van der Waals surface area (Å²) in [5.74, 6) is 0.795. The van der Waals surface area contributed by atoms with Crippen molar-refractivity contribution >= 4 is 63.1 Å². The Kier molecular flexibility index (Phi) is 5.94. The van der Waals surface area contributed by atoms with Gasteiger partial charge in [0.15, 0.2) is 0 Å². The molecule has 2 aromatic heterocycles. The molecule has 7 nitrogen and oxygen atoms in total. The van der Waals surface area contributed by atoms with E-state index in [1.165, 1.54) is 12.4 Å². The van der Waals surface area contributed by atoms with Crippen molar-refractivity contribution in [2.24, 2.45) is 0 Å². The molecule has 3 heterocycles. The third-order valence-electron chi connectivity index (χ3n) is 4.67. The lowest BCUT2D eigenvalue weighted by Gasteiger charge is -2.16. The van der Waals surface area contributed by atoms with Gasteiger partial charge in [0.1, 0.15) is 18.2 Å². The monoisotopic (exact) mass is 463 g/mol. The number of rotatable bonds is 5. The van der Waals surface area contributed by atoms with E-state index in [0.29, 0.717) is 62.9 Å². The van der Waals surface area contributed by atoms with E-state index < -0.39 is 0 Å².